The predicted molar refractivity (Wildman–Crippen MR) is 92.9 cm³/mol. The lowest BCUT2D eigenvalue weighted by atomic mass is 10.1. The summed E-state index contributed by atoms with van der Waals surface area (Å²) in [6.07, 6.45) is 5.46. The van der Waals surface area contributed by atoms with Crippen molar-refractivity contribution in [3.05, 3.63) is 52.3 Å². The summed E-state index contributed by atoms with van der Waals surface area (Å²) >= 11 is 7.56. The van der Waals surface area contributed by atoms with Crippen molar-refractivity contribution in [3.8, 4) is 0 Å². The number of thioether (sulfide) groups is 1. The quantitative estimate of drug-likeness (QED) is 0.606. The molecule has 23 heavy (non-hydrogen) atoms. The first-order chi connectivity index (χ1) is 11.1. The summed E-state index contributed by atoms with van der Waals surface area (Å²) in [7, 11) is 0. The van der Waals surface area contributed by atoms with Crippen LogP contribution in [0.4, 0.5) is 0 Å². The number of halogens is 1. The number of hydrogen-bond acceptors (Lipinski definition) is 4. The standard InChI is InChI=1S/C17H18ClN3OS/c1-11-3-5-12(6-4-11)10-21(13-7-8-13)16(22)15-14(18)9-19-17(20-15)23-2/h3-6,9,13H,7-8,10H2,1-2H3. The highest BCUT2D eigenvalue weighted by atomic mass is 35.5. The number of amides is 1. The third kappa shape index (κ3) is 3.85. The topological polar surface area (TPSA) is 46.1 Å². The van der Waals surface area contributed by atoms with Crippen molar-refractivity contribution in [2.75, 3.05) is 6.26 Å². The van der Waals surface area contributed by atoms with Gasteiger partial charge in [-0.15, -0.1) is 0 Å². The van der Waals surface area contributed by atoms with E-state index in [1.165, 1.54) is 23.5 Å². The second kappa shape index (κ2) is 6.89. The summed E-state index contributed by atoms with van der Waals surface area (Å²) in [5, 5.41) is 0.867. The molecule has 1 saturated carbocycles. The first-order valence-corrected chi connectivity index (χ1v) is 9.12. The number of carbonyl (C=O) groups is 1. The smallest absolute Gasteiger partial charge is 0.274 e. The number of rotatable bonds is 5. The van der Waals surface area contributed by atoms with Crippen molar-refractivity contribution in [2.45, 2.75) is 37.5 Å². The second-order valence-corrected chi connectivity index (χ2v) is 6.88. The van der Waals surface area contributed by atoms with Crippen LogP contribution in [0.2, 0.25) is 5.02 Å². The molecule has 1 aliphatic rings. The largest absolute Gasteiger partial charge is 0.330 e. The van der Waals surface area contributed by atoms with Crippen molar-refractivity contribution in [2.24, 2.45) is 0 Å². The van der Waals surface area contributed by atoms with Crippen LogP contribution in [-0.4, -0.2) is 33.1 Å². The third-order valence-electron chi connectivity index (χ3n) is 3.83. The van der Waals surface area contributed by atoms with Crippen LogP contribution >= 0.6 is 23.4 Å². The van der Waals surface area contributed by atoms with Crippen molar-refractivity contribution in [1.82, 2.24) is 14.9 Å². The van der Waals surface area contributed by atoms with E-state index >= 15 is 0 Å². The number of benzene rings is 1. The zero-order valence-electron chi connectivity index (χ0n) is 13.1. The van der Waals surface area contributed by atoms with E-state index in [1.54, 1.807) is 0 Å². The van der Waals surface area contributed by atoms with Crippen LogP contribution in [0.5, 0.6) is 0 Å². The van der Waals surface area contributed by atoms with E-state index < -0.39 is 0 Å². The monoisotopic (exact) mass is 347 g/mol. The average Bonchev–Trinajstić information content (AvgIpc) is 3.39. The molecule has 0 spiro atoms. The number of nitrogens with zero attached hydrogens (tertiary/aromatic N) is 3. The Labute approximate surface area is 145 Å². The molecular weight excluding hydrogens is 330 g/mol. The zero-order valence-corrected chi connectivity index (χ0v) is 14.7. The van der Waals surface area contributed by atoms with Gasteiger partial charge in [-0.2, -0.15) is 0 Å². The van der Waals surface area contributed by atoms with Gasteiger partial charge >= 0.3 is 0 Å². The van der Waals surface area contributed by atoms with Crippen LogP contribution in [0.1, 0.15) is 34.5 Å². The van der Waals surface area contributed by atoms with Gasteiger partial charge in [0.1, 0.15) is 0 Å². The Hall–Kier alpha value is -1.59. The van der Waals surface area contributed by atoms with E-state index in [4.69, 9.17) is 11.6 Å². The van der Waals surface area contributed by atoms with Gasteiger partial charge in [-0.1, -0.05) is 53.2 Å². The molecule has 2 aromatic rings. The minimum absolute atomic E-state index is 0.115. The Bertz CT molecular complexity index is 716. The van der Waals surface area contributed by atoms with Gasteiger partial charge in [-0.3, -0.25) is 4.79 Å². The molecule has 0 aliphatic heterocycles. The maximum Gasteiger partial charge on any atom is 0.274 e. The van der Waals surface area contributed by atoms with E-state index in [9.17, 15) is 4.79 Å². The minimum atomic E-state index is -0.115. The van der Waals surface area contributed by atoms with E-state index in [0.29, 0.717) is 22.4 Å². The molecule has 0 atom stereocenters. The average molecular weight is 348 g/mol. The maximum absolute atomic E-state index is 12.9. The van der Waals surface area contributed by atoms with Gasteiger partial charge in [0, 0.05) is 12.6 Å². The van der Waals surface area contributed by atoms with Gasteiger partial charge in [-0.05, 0) is 31.6 Å². The van der Waals surface area contributed by atoms with E-state index in [0.717, 1.165) is 18.4 Å². The molecule has 6 heteroatoms. The highest BCUT2D eigenvalue weighted by Crippen LogP contribution is 2.31. The molecule has 1 heterocycles. The summed E-state index contributed by atoms with van der Waals surface area (Å²) in [5.74, 6) is -0.115. The second-order valence-electron chi connectivity index (χ2n) is 5.70. The number of hydrogen-bond donors (Lipinski definition) is 0. The van der Waals surface area contributed by atoms with E-state index in [2.05, 4.69) is 41.2 Å². The fourth-order valence-corrected chi connectivity index (χ4v) is 2.89. The van der Waals surface area contributed by atoms with Gasteiger partial charge < -0.3 is 4.90 Å². The Morgan fingerprint density at radius 2 is 2.04 bits per heavy atom. The summed E-state index contributed by atoms with van der Waals surface area (Å²) in [4.78, 5) is 23.2. The lowest BCUT2D eigenvalue weighted by Crippen LogP contribution is -2.33. The van der Waals surface area contributed by atoms with Crippen LogP contribution in [0, 0.1) is 6.92 Å². The highest BCUT2D eigenvalue weighted by molar-refractivity contribution is 7.98. The number of aromatic nitrogens is 2. The molecule has 1 aliphatic carbocycles. The van der Waals surface area contributed by atoms with Crippen LogP contribution < -0.4 is 0 Å². The number of carbonyl (C=O) groups excluding carboxylic acids is 1. The molecular formula is C17H18ClN3OS. The molecule has 0 bridgehead atoms. The summed E-state index contributed by atoms with van der Waals surface area (Å²) < 4.78 is 0. The molecule has 1 aromatic heterocycles. The minimum Gasteiger partial charge on any atom is -0.330 e. The molecule has 120 valence electrons. The Morgan fingerprint density at radius 3 is 2.65 bits per heavy atom. The zero-order chi connectivity index (χ0) is 16.4. The van der Waals surface area contributed by atoms with Gasteiger partial charge in [0.05, 0.1) is 11.2 Å². The fraction of sp³-hybridized carbons (Fsp3) is 0.353. The van der Waals surface area contributed by atoms with E-state index in [-0.39, 0.29) is 11.9 Å². The Kier molecular flexibility index (Phi) is 4.87. The molecule has 1 amide bonds. The van der Waals surface area contributed by atoms with E-state index in [1.807, 2.05) is 11.2 Å². The third-order valence-corrected chi connectivity index (χ3v) is 4.67. The lowest BCUT2D eigenvalue weighted by molar-refractivity contribution is 0.0723. The Morgan fingerprint density at radius 1 is 1.35 bits per heavy atom. The van der Waals surface area contributed by atoms with Crippen LogP contribution in [0.15, 0.2) is 35.6 Å². The lowest BCUT2D eigenvalue weighted by Gasteiger charge is -2.22. The highest BCUT2D eigenvalue weighted by Gasteiger charge is 2.34. The molecule has 0 N–H and O–H groups in total. The SMILES string of the molecule is CSc1ncc(Cl)c(C(=O)N(Cc2ccc(C)cc2)C2CC2)n1. The van der Waals surface area contributed by atoms with Gasteiger partial charge in [0.25, 0.3) is 5.91 Å². The number of aryl methyl sites for hydroxylation is 1. The summed E-state index contributed by atoms with van der Waals surface area (Å²) in [6, 6.07) is 8.54. The Balaban J connectivity index is 1.86. The molecule has 3 rings (SSSR count). The molecule has 1 aromatic carbocycles. The van der Waals surface area contributed by atoms with Crippen LogP contribution in [0.3, 0.4) is 0 Å². The van der Waals surface area contributed by atoms with Crippen molar-refractivity contribution in [3.63, 3.8) is 0 Å². The predicted octanol–water partition coefficient (Wildman–Crippen LogP) is 3.97. The van der Waals surface area contributed by atoms with Crippen LogP contribution in [-0.2, 0) is 6.54 Å². The van der Waals surface area contributed by atoms with Crippen molar-refractivity contribution < 1.29 is 4.79 Å². The molecule has 1 fully saturated rings. The maximum atomic E-state index is 12.9. The first kappa shape index (κ1) is 16.3. The molecule has 0 radical (unpaired) electrons. The summed E-state index contributed by atoms with van der Waals surface area (Å²) in [6.45, 7) is 2.64. The van der Waals surface area contributed by atoms with Crippen molar-refractivity contribution >= 4 is 29.3 Å². The fourth-order valence-electron chi connectivity index (χ4n) is 2.38. The van der Waals surface area contributed by atoms with Gasteiger partial charge in [0.2, 0.25) is 0 Å². The normalized spacial score (nSPS) is 13.9. The molecule has 0 unspecified atom stereocenters. The van der Waals surface area contributed by atoms with Gasteiger partial charge in [-0.25, -0.2) is 9.97 Å². The first-order valence-electron chi connectivity index (χ1n) is 7.51. The van der Waals surface area contributed by atoms with Crippen LogP contribution in [0.25, 0.3) is 0 Å². The summed E-state index contributed by atoms with van der Waals surface area (Å²) in [5.41, 5.74) is 2.62. The molecule has 0 saturated heterocycles. The molecule has 4 nitrogen and oxygen atoms in total. The van der Waals surface area contributed by atoms with Gasteiger partial charge in [0.15, 0.2) is 10.9 Å². The van der Waals surface area contributed by atoms with Crippen molar-refractivity contribution in [1.29, 1.82) is 0 Å².